The van der Waals surface area contributed by atoms with Crippen LogP contribution in [0, 0.1) is 15.9 Å². The maximum Gasteiger partial charge on any atom is 0.330 e. The molecule has 30 heavy (non-hydrogen) atoms. The lowest BCUT2D eigenvalue weighted by Gasteiger charge is -2.12. The Balaban J connectivity index is 2.21. The van der Waals surface area contributed by atoms with Crippen molar-refractivity contribution in [2.75, 3.05) is 5.73 Å². The van der Waals surface area contributed by atoms with Crippen molar-refractivity contribution in [3.05, 3.63) is 85.4 Å². The minimum Gasteiger partial charge on any atom is -0.397 e. The number of halogens is 1. The van der Waals surface area contributed by atoms with Gasteiger partial charge in [-0.1, -0.05) is 0 Å². The minimum atomic E-state index is -0.557. The molecule has 9 nitrogen and oxygen atoms in total. The van der Waals surface area contributed by atoms with Gasteiger partial charge in [-0.2, -0.15) is 0 Å². The second-order valence-corrected chi connectivity index (χ2v) is 6.82. The van der Waals surface area contributed by atoms with Gasteiger partial charge in [-0.15, -0.1) is 0 Å². The maximum absolute atomic E-state index is 13.5. The third-order valence-corrected chi connectivity index (χ3v) is 5.04. The van der Waals surface area contributed by atoms with E-state index in [2.05, 4.69) is 0 Å². The second-order valence-electron chi connectivity index (χ2n) is 6.82. The van der Waals surface area contributed by atoms with Crippen molar-refractivity contribution in [2.45, 2.75) is 0 Å². The summed E-state index contributed by atoms with van der Waals surface area (Å²) in [7, 11) is 2.87. The van der Waals surface area contributed by atoms with E-state index < -0.39 is 22.0 Å². The number of rotatable bonds is 3. The molecule has 4 aromatic rings. The van der Waals surface area contributed by atoms with Crippen LogP contribution >= 0.6 is 0 Å². The Hall–Kier alpha value is -4.21. The van der Waals surface area contributed by atoms with Gasteiger partial charge in [-0.05, 0) is 35.9 Å². The van der Waals surface area contributed by atoms with Crippen LogP contribution in [-0.2, 0) is 14.1 Å². The van der Waals surface area contributed by atoms with Gasteiger partial charge in [0.25, 0.3) is 11.2 Å². The van der Waals surface area contributed by atoms with Crippen molar-refractivity contribution >= 4 is 22.3 Å². The molecule has 0 saturated carbocycles. The summed E-state index contributed by atoms with van der Waals surface area (Å²) < 4.78 is 17.3. The van der Waals surface area contributed by atoms with Gasteiger partial charge in [0, 0.05) is 32.4 Å². The normalized spacial score (nSPS) is 11.2. The molecule has 0 spiro atoms. The number of non-ortho nitro benzene ring substituents is 1. The van der Waals surface area contributed by atoms with Crippen molar-refractivity contribution in [1.29, 1.82) is 0 Å². The van der Waals surface area contributed by atoms with E-state index in [-0.39, 0.29) is 22.4 Å². The van der Waals surface area contributed by atoms with Gasteiger partial charge in [0.15, 0.2) is 0 Å². The molecule has 10 heteroatoms. The molecule has 152 valence electrons. The van der Waals surface area contributed by atoms with Gasteiger partial charge in [-0.3, -0.25) is 24.0 Å². The lowest BCUT2D eigenvalue weighted by atomic mass is 10.1. The minimum absolute atomic E-state index is 0.191. The van der Waals surface area contributed by atoms with Crippen molar-refractivity contribution < 1.29 is 9.31 Å². The Morgan fingerprint density at radius 2 is 1.70 bits per heavy atom. The van der Waals surface area contributed by atoms with Gasteiger partial charge in [-0.25, -0.2) is 9.18 Å². The Bertz CT molecular complexity index is 1450. The quantitative estimate of drug-likeness (QED) is 0.316. The first kappa shape index (κ1) is 19.1. The maximum atomic E-state index is 13.5. The number of nitrogen functional groups attached to an aromatic ring is 1. The molecule has 4 rings (SSSR count). The summed E-state index contributed by atoms with van der Waals surface area (Å²) in [6.45, 7) is 0. The number of benzene rings is 2. The number of anilines is 1. The number of nitrogens with zero attached hydrogens (tertiary/aromatic N) is 4. The summed E-state index contributed by atoms with van der Waals surface area (Å²) in [5, 5.41) is 11.5. The van der Waals surface area contributed by atoms with Crippen molar-refractivity contribution in [2.24, 2.45) is 14.1 Å². The lowest BCUT2D eigenvalue weighted by Crippen LogP contribution is -2.36. The van der Waals surface area contributed by atoms with Gasteiger partial charge in [0.1, 0.15) is 5.82 Å². The van der Waals surface area contributed by atoms with Crippen molar-refractivity contribution in [1.82, 2.24) is 13.7 Å². The summed E-state index contributed by atoms with van der Waals surface area (Å²) in [6, 6.07) is 9.39. The number of nitro benzene ring substituents is 1. The molecule has 2 heterocycles. The Morgan fingerprint density at radius 3 is 2.33 bits per heavy atom. The predicted octanol–water partition coefficient (Wildman–Crippen LogP) is 2.32. The molecule has 0 aliphatic rings. The number of fused-ring (bicyclic) bond motifs is 1. The van der Waals surface area contributed by atoms with Crippen LogP contribution in [0.25, 0.3) is 27.8 Å². The third-order valence-electron chi connectivity index (χ3n) is 5.04. The van der Waals surface area contributed by atoms with Crippen LogP contribution in [-0.4, -0.2) is 18.6 Å². The van der Waals surface area contributed by atoms with Crippen molar-refractivity contribution in [3.63, 3.8) is 0 Å². The summed E-state index contributed by atoms with van der Waals surface area (Å²) >= 11 is 0. The molecule has 0 aliphatic carbocycles. The fourth-order valence-electron chi connectivity index (χ4n) is 3.48. The zero-order valence-electron chi connectivity index (χ0n) is 16.0. The molecule has 0 unspecified atom stereocenters. The van der Waals surface area contributed by atoms with Gasteiger partial charge < -0.3 is 10.3 Å². The Kier molecular flexibility index (Phi) is 4.27. The zero-order valence-corrected chi connectivity index (χ0v) is 16.0. The summed E-state index contributed by atoms with van der Waals surface area (Å²) in [6.07, 6.45) is 1.52. The zero-order chi connectivity index (χ0) is 21.7. The number of hydrogen-bond acceptors (Lipinski definition) is 5. The van der Waals surface area contributed by atoms with E-state index in [9.17, 15) is 24.1 Å². The number of aryl methyl sites for hydroxylation is 1. The SMILES string of the molecule is Cn1c(=O)c2c(-c3ccc(F)cc3)n(-c3cc([N+](=O)[O-])ccc3N)cc2n(C)c1=O. The van der Waals surface area contributed by atoms with Gasteiger partial charge in [0.2, 0.25) is 0 Å². The Morgan fingerprint density at radius 1 is 1.03 bits per heavy atom. The number of hydrogen-bond donors (Lipinski definition) is 1. The van der Waals surface area contributed by atoms with Crippen LogP contribution in [0.15, 0.2) is 58.3 Å². The van der Waals surface area contributed by atoms with Crippen molar-refractivity contribution in [3.8, 4) is 16.9 Å². The summed E-state index contributed by atoms with van der Waals surface area (Å²) in [4.78, 5) is 36.1. The summed E-state index contributed by atoms with van der Waals surface area (Å²) in [5.74, 6) is -0.462. The largest absolute Gasteiger partial charge is 0.397 e. The number of nitrogens with two attached hydrogens (primary N) is 1. The van der Waals surface area contributed by atoms with E-state index in [1.807, 2.05) is 0 Å². The molecule has 2 aromatic heterocycles. The van der Waals surface area contributed by atoms with Crippen LogP contribution in [0.4, 0.5) is 15.8 Å². The van der Waals surface area contributed by atoms with Gasteiger partial charge in [0.05, 0.1) is 32.9 Å². The molecule has 0 radical (unpaired) electrons. The van der Waals surface area contributed by atoms with Gasteiger partial charge >= 0.3 is 5.69 Å². The predicted molar refractivity (Wildman–Crippen MR) is 110 cm³/mol. The highest BCUT2D eigenvalue weighted by Gasteiger charge is 2.22. The molecule has 0 saturated heterocycles. The first-order valence-corrected chi connectivity index (χ1v) is 8.82. The smallest absolute Gasteiger partial charge is 0.330 e. The fraction of sp³-hybridized carbons (Fsp3) is 0.100. The second kappa shape index (κ2) is 6.69. The van der Waals surface area contributed by atoms with Crippen LogP contribution in [0.5, 0.6) is 0 Å². The van der Waals surface area contributed by atoms with E-state index in [1.165, 1.54) is 71.9 Å². The molecular weight excluding hydrogens is 393 g/mol. The molecule has 2 N–H and O–H groups in total. The molecule has 0 aliphatic heterocycles. The highest BCUT2D eigenvalue weighted by molar-refractivity contribution is 5.95. The average molecular weight is 409 g/mol. The third kappa shape index (κ3) is 2.77. The monoisotopic (exact) mass is 409 g/mol. The fourth-order valence-corrected chi connectivity index (χ4v) is 3.48. The van der Waals surface area contributed by atoms with Crippen LogP contribution in [0.2, 0.25) is 0 Å². The molecular formula is C20H16FN5O4. The molecule has 0 amide bonds. The number of nitro groups is 1. The van der Waals surface area contributed by atoms with E-state index in [1.54, 1.807) is 0 Å². The number of aromatic nitrogens is 3. The summed E-state index contributed by atoms with van der Waals surface area (Å²) in [5.41, 5.74) is 6.45. The van der Waals surface area contributed by atoms with Crippen LogP contribution in [0.3, 0.4) is 0 Å². The highest BCUT2D eigenvalue weighted by Crippen LogP contribution is 2.34. The van der Waals surface area contributed by atoms with Crippen LogP contribution in [0.1, 0.15) is 0 Å². The van der Waals surface area contributed by atoms with E-state index in [0.29, 0.717) is 16.8 Å². The average Bonchev–Trinajstić information content (AvgIpc) is 3.12. The van der Waals surface area contributed by atoms with E-state index in [4.69, 9.17) is 5.73 Å². The first-order chi connectivity index (χ1) is 14.2. The highest BCUT2D eigenvalue weighted by atomic mass is 19.1. The molecule has 0 fully saturated rings. The molecule has 0 atom stereocenters. The van der Waals surface area contributed by atoms with E-state index >= 15 is 0 Å². The van der Waals surface area contributed by atoms with Crippen LogP contribution < -0.4 is 17.0 Å². The first-order valence-electron chi connectivity index (χ1n) is 8.82. The lowest BCUT2D eigenvalue weighted by molar-refractivity contribution is -0.384. The topological polar surface area (TPSA) is 118 Å². The van der Waals surface area contributed by atoms with E-state index in [0.717, 1.165) is 4.57 Å². The molecule has 0 bridgehead atoms. The Labute approximate surface area is 168 Å². The molecule has 2 aromatic carbocycles. The standard InChI is InChI=1S/C20H16FN5O4/c1-23-16-10-25(15-9-13(26(29)30)7-8-14(15)22)18(11-3-5-12(21)6-4-11)17(16)19(27)24(2)20(23)28/h3-10H,22H2,1-2H3.